The zero-order chi connectivity index (χ0) is 22.7. The molecule has 0 saturated carbocycles. The van der Waals surface area contributed by atoms with Gasteiger partial charge in [0, 0.05) is 6.61 Å². The van der Waals surface area contributed by atoms with Crippen LogP contribution in [0.4, 0.5) is 18.9 Å². The van der Waals surface area contributed by atoms with Gasteiger partial charge in [0.25, 0.3) is 5.56 Å². The molecule has 6 nitrogen and oxygen atoms in total. The number of halogens is 3. The minimum absolute atomic E-state index is 0.123. The van der Waals surface area contributed by atoms with Crippen molar-refractivity contribution in [2.75, 3.05) is 17.7 Å². The van der Waals surface area contributed by atoms with Crippen LogP contribution in [0.25, 0.3) is 10.9 Å². The highest BCUT2D eigenvalue weighted by Crippen LogP contribution is 2.34. The Labute approximate surface area is 185 Å². The van der Waals surface area contributed by atoms with Crippen LogP contribution in [0.15, 0.2) is 58.5 Å². The number of ether oxygens (including phenoxy) is 1. The van der Waals surface area contributed by atoms with Crippen LogP contribution < -0.4 is 10.9 Å². The molecule has 1 N–H and O–H groups in total. The maximum absolute atomic E-state index is 13.2. The fourth-order valence-electron chi connectivity index (χ4n) is 3.57. The Hall–Kier alpha value is -2.85. The normalized spacial score (nSPS) is 16.4. The Morgan fingerprint density at radius 1 is 1.19 bits per heavy atom. The highest BCUT2D eigenvalue weighted by atomic mass is 32.2. The van der Waals surface area contributed by atoms with E-state index in [9.17, 15) is 22.8 Å². The van der Waals surface area contributed by atoms with E-state index in [2.05, 4.69) is 10.3 Å². The third kappa shape index (κ3) is 4.97. The van der Waals surface area contributed by atoms with Gasteiger partial charge in [0.05, 0.1) is 40.6 Å². The summed E-state index contributed by atoms with van der Waals surface area (Å²) >= 11 is 1.00. The highest BCUT2D eigenvalue weighted by molar-refractivity contribution is 7.99. The van der Waals surface area contributed by atoms with E-state index in [1.807, 2.05) is 0 Å². The zero-order valence-corrected chi connectivity index (χ0v) is 17.7. The fraction of sp³-hybridized carbons (Fsp3) is 0.318. The first-order valence-electron chi connectivity index (χ1n) is 10.0. The van der Waals surface area contributed by atoms with E-state index in [0.29, 0.717) is 29.2 Å². The molecule has 1 aliphatic heterocycles. The van der Waals surface area contributed by atoms with Gasteiger partial charge in [-0.2, -0.15) is 13.2 Å². The predicted molar refractivity (Wildman–Crippen MR) is 116 cm³/mol. The van der Waals surface area contributed by atoms with Gasteiger partial charge in [0.15, 0.2) is 5.16 Å². The molecule has 32 heavy (non-hydrogen) atoms. The number of alkyl halides is 3. The van der Waals surface area contributed by atoms with Crippen LogP contribution in [0, 0.1) is 0 Å². The first kappa shape index (κ1) is 22.3. The second kappa shape index (κ2) is 9.33. The van der Waals surface area contributed by atoms with Crippen molar-refractivity contribution in [3.8, 4) is 0 Å². The summed E-state index contributed by atoms with van der Waals surface area (Å²) in [7, 11) is 0. The van der Waals surface area contributed by atoms with Crippen LogP contribution in [0.2, 0.25) is 0 Å². The Bertz CT molecular complexity index is 1190. The van der Waals surface area contributed by atoms with E-state index in [0.717, 1.165) is 30.7 Å². The minimum Gasteiger partial charge on any atom is -0.376 e. The van der Waals surface area contributed by atoms with Gasteiger partial charge in [-0.15, -0.1) is 0 Å². The van der Waals surface area contributed by atoms with Crippen molar-refractivity contribution >= 4 is 34.3 Å². The quantitative estimate of drug-likeness (QED) is 0.435. The molecular weight excluding hydrogens is 443 g/mol. The van der Waals surface area contributed by atoms with Gasteiger partial charge < -0.3 is 10.1 Å². The Morgan fingerprint density at radius 2 is 1.94 bits per heavy atom. The molecule has 1 fully saturated rings. The molecule has 10 heteroatoms. The van der Waals surface area contributed by atoms with Crippen LogP contribution in [0.3, 0.4) is 0 Å². The van der Waals surface area contributed by atoms with E-state index in [-0.39, 0.29) is 23.1 Å². The number of fused-ring (bicyclic) bond motifs is 1. The largest absolute Gasteiger partial charge is 0.418 e. The van der Waals surface area contributed by atoms with Crippen molar-refractivity contribution < 1.29 is 22.7 Å². The molecule has 168 valence electrons. The maximum atomic E-state index is 13.2. The smallest absolute Gasteiger partial charge is 0.376 e. The number of carbonyl (C=O) groups is 1. The summed E-state index contributed by atoms with van der Waals surface area (Å²) in [5.41, 5.74) is -0.978. The molecule has 1 atom stereocenters. The maximum Gasteiger partial charge on any atom is 0.418 e. The molecule has 1 saturated heterocycles. The number of para-hydroxylation sites is 2. The molecule has 0 spiro atoms. The van der Waals surface area contributed by atoms with E-state index >= 15 is 0 Å². The number of benzene rings is 2. The Morgan fingerprint density at radius 3 is 2.69 bits per heavy atom. The topological polar surface area (TPSA) is 73.2 Å². The molecule has 0 bridgehead atoms. The Kier molecular flexibility index (Phi) is 6.52. The minimum atomic E-state index is -4.58. The number of nitrogens with zero attached hydrogens (tertiary/aromatic N) is 2. The van der Waals surface area contributed by atoms with Crippen molar-refractivity contribution in [2.24, 2.45) is 0 Å². The number of nitrogens with one attached hydrogen (secondary N) is 1. The lowest BCUT2D eigenvalue weighted by Gasteiger charge is -2.17. The summed E-state index contributed by atoms with van der Waals surface area (Å²) < 4.78 is 46.6. The van der Waals surface area contributed by atoms with Gasteiger partial charge in [-0.3, -0.25) is 14.2 Å². The number of rotatable bonds is 6. The Balaban J connectivity index is 1.56. The molecule has 1 unspecified atom stereocenters. The lowest BCUT2D eigenvalue weighted by atomic mass is 10.1. The summed E-state index contributed by atoms with van der Waals surface area (Å²) in [6, 6.07) is 11.7. The van der Waals surface area contributed by atoms with Crippen molar-refractivity contribution in [1.82, 2.24) is 9.55 Å². The van der Waals surface area contributed by atoms with Crippen molar-refractivity contribution in [2.45, 2.75) is 36.8 Å². The predicted octanol–water partition coefficient (Wildman–Crippen LogP) is 4.33. The number of amides is 1. The fourth-order valence-corrected chi connectivity index (χ4v) is 4.38. The molecule has 2 heterocycles. The van der Waals surface area contributed by atoms with Crippen LogP contribution >= 0.6 is 11.8 Å². The average molecular weight is 463 g/mol. The van der Waals surface area contributed by atoms with E-state index in [1.54, 1.807) is 24.3 Å². The summed E-state index contributed by atoms with van der Waals surface area (Å²) in [6.07, 6.45) is -2.98. The molecule has 4 rings (SSSR count). The molecule has 1 aliphatic rings. The zero-order valence-electron chi connectivity index (χ0n) is 16.9. The number of carbonyl (C=O) groups excluding carboxylic acids is 1. The summed E-state index contributed by atoms with van der Waals surface area (Å²) in [6.45, 7) is 0.932. The molecule has 1 aromatic heterocycles. The number of aromatic nitrogens is 2. The molecule has 2 aromatic carbocycles. The van der Waals surface area contributed by atoms with Gasteiger partial charge in [-0.05, 0) is 37.1 Å². The van der Waals surface area contributed by atoms with Gasteiger partial charge in [0.2, 0.25) is 5.91 Å². The molecule has 3 aromatic rings. The first-order valence-corrected chi connectivity index (χ1v) is 11.0. The SMILES string of the molecule is O=C(CSc1nc2ccccc2c(=O)n1CC1CCCO1)Nc1ccccc1C(F)(F)F. The first-order chi connectivity index (χ1) is 15.3. The van der Waals surface area contributed by atoms with Gasteiger partial charge in [-0.1, -0.05) is 36.0 Å². The van der Waals surface area contributed by atoms with Crippen molar-refractivity contribution in [3.63, 3.8) is 0 Å². The highest BCUT2D eigenvalue weighted by Gasteiger charge is 2.33. The van der Waals surface area contributed by atoms with Gasteiger partial charge >= 0.3 is 6.18 Å². The van der Waals surface area contributed by atoms with Crippen LogP contribution in [-0.2, 0) is 22.3 Å². The van der Waals surface area contributed by atoms with E-state index in [1.165, 1.54) is 22.8 Å². The third-order valence-corrected chi connectivity index (χ3v) is 6.05. The van der Waals surface area contributed by atoms with Gasteiger partial charge in [0.1, 0.15) is 0 Å². The molecular formula is C22H20F3N3O3S. The van der Waals surface area contributed by atoms with Crippen LogP contribution in [0.1, 0.15) is 18.4 Å². The van der Waals surface area contributed by atoms with E-state index in [4.69, 9.17) is 4.74 Å². The van der Waals surface area contributed by atoms with Crippen molar-refractivity contribution in [3.05, 3.63) is 64.4 Å². The summed E-state index contributed by atoms with van der Waals surface area (Å²) in [4.78, 5) is 30.0. The average Bonchev–Trinajstić information content (AvgIpc) is 3.27. The van der Waals surface area contributed by atoms with E-state index < -0.39 is 17.6 Å². The van der Waals surface area contributed by atoms with Crippen LogP contribution in [0.5, 0.6) is 0 Å². The molecule has 0 radical (unpaired) electrons. The third-order valence-electron chi connectivity index (χ3n) is 5.08. The number of anilines is 1. The standard InChI is InChI=1S/C22H20F3N3O3S/c23-22(24,25)16-8-2-4-10-18(16)26-19(29)13-32-21-27-17-9-3-1-7-15(17)20(30)28(21)12-14-6-5-11-31-14/h1-4,7-10,14H,5-6,11-13H2,(H,26,29). The second-order valence-electron chi connectivity index (χ2n) is 7.34. The van der Waals surface area contributed by atoms with Crippen molar-refractivity contribution in [1.29, 1.82) is 0 Å². The number of hydrogen-bond acceptors (Lipinski definition) is 5. The van der Waals surface area contributed by atoms with Crippen LogP contribution in [-0.4, -0.2) is 33.9 Å². The van der Waals surface area contributed by atoms with Gasteiger partial charge in [-0.25, -0.2) is 4.98 Å². The number of thioether (sulfide) groups is 1. The molecule has 1 amide bonds. The lowest BCUT2D eigenvalue weighted by Crippen LogP contribution is -2.29. The lowest BCUT2D eigenvalue weighted by molar-refractivity contribution is -0.137. The number of hydrogen-bond donors (Lipinski definition) is 1. The molecule has 0 aliphatic carbocycles. The monoisotopic (exact) mass is 463 g/mol. The summed E-state index contributed by atoms with van der Waals surface area (Å²) in [5, 5.41) is 3.09. The summed E-state index contributed by atoms with van der Waals surface area (Å²) in [5.74, 6) is -0.833. The second-order valence-corrected chi connectivity index (χ2v) is 8.29.